The number of halogens is 1. The molecule has 0 saturated carbocycles. The van der Waals surface area contributed by atoms with Gasteiger partial charge in [-0.2, -0.15) is 0 Å². The Labute approximate surface area is 208 Å². The molecular formula is C31H35FOS. The average Bonchev–Trinajstić information content (AvgIpc) is 2.87. The molecule has 1 aromatic heterocycles. The van der Waals surface area contributed by atoms with E-state index in [0.717, 1.165) is 58.5 Å². The highest BCUT2D eigenvalue weighted by Gasteiger charge is 2.14. The summed E-state index contributed by atoms with van der Waals surface area (Å²) in [6.45, 7) is 4.40. The van der Waals surface area contributed by atoms with Gasteiger partial charge in [0.1, 0.15) is 0 Å². The van der Waals surface area contributed by atoms with Crippen LogP contribution in [0.4, 0.5) is 4.39 Å². The van der Waals surface area contributed by atoms with Gasteiger partial charge >= 0.3 is 0 Å². The fourth-order valence-electron chi connectivity index (χ4n) is 4.76. The van der Waals surface area contributed by atoms with E-state index in [4.69, 9.17) is 16.6 Å². The van der Waals surface area contributed by atoms with Crippen LogP contribution in [0.15, 0.2) is 59.0 Å². The Kier molecular flexibility index (Phi) is 8.50. The van der Waals surface area contributed by atoms with E-state index in [1.807, 2.05) is 18.2 Å². The van der Waals surface area contributed by atoms with Crippen LogP contribution >= 0.6 is 12.2 Å². The summed E-state index contributed by atoms with van der Waals surface area (Å²) in [5.41, 5.74) is 4.55. The van der Waals surface area contributed by atoms with Gasteiger partial charge in [-0.1, -0.05) is 107 Å². The topological polar surface area (TPSA) is 13.1 Å². The van der Waals surface area contributed by atoms with Crippen molar-refractivity contribution in [1.29, 1.82) is 0 Å². The Balaban J connectivity index is 1.53. The molecule has 178 valence electrons. The molecular weight excluding hydrogens is 439 g/mol. The second-order valence-corrected chi connectivity index (χ2v) is 9.71. The largest absolute Gasteiger partial charge is 0.441 e. The molecule has 0 aliphatic carbocycles. The first-order chi connectivity index (χ1) is 16.6. The molecule has 0 saturated heterocycles. The smallest absolute Gasteiger partial charge is 0.198 e. The summed E-state index contributed by atoms with van der Waals surface area (Å²) < 4.78 is 21.6. The summed E-state index contributed by atoms with van der Waals surface area (Å²) >= 11 is 5.57. The number of hydrogen-bond acceptors (Lipinski definition) is 2. The molecule has 4 rings (SSSR count). The maximum Gasteiger partial charge on any atom is 0.198 e. The third kappa shape index (κ3) is 5.58. The molecule has 0 bridgehead atoms. The molecule has 0 unspecified atom stereocenters. The minimum Gasteiger partial charge on any atom is -0.441 e. The predicted molar refractivity (Wildman–Crippen MR) is 146 cm³/mol. The summed E-state index contributed by atoms with van der Waals surface area (Å²) in [6, 6.07) is 18.7. The highest BCUT2D eigenvalue weighted by atomic mass is 32.1. The number of hydrogen-bond donors (Lipinski definition) is 0. The maximum atomic E-state index is 15.4. The molecule has 1 nitrogen and oxygen atoms in total. The third-order valence-corrected chi connectivity index (χ3v) is 7.20. The summed E-state index contributed by atoms with van der Waals surface area (Å²) in [7, 11) is 0. The van der Waals surface area contributed by atoms with E-state index in [2.05, 4.69) is 50.2 Å². The molecule has 0 atom stereocenters. The molecule has 0 aliphatic heterocycles. The number of aryl methyl sites for hydroxylation is 2. The van der Waals surface area contributed by atoms with Crippen LogP contribution in [-0.4, -0.2) is 0 Å². The van der Waals surface area contributed by atoms with Gasteiger partial charge in [0.25, 0.3) is 0 Å². The number of rotatable bonds is 11. The summed E-state index contributed by atoms with van der Waals surface area (Å²) in [5.74, 6) is -0.257. The lowest BCUT2D eigenvalue weighted by Gasteiger charge is -2.10. The second kappa shape index (κ2) is 11.8. The minimum absolute atomic E-state index is 0.257. The van der Waals surface area contributed by atoms with Gasteiger partial charge in [0.15, 0.2) is 16.1 Å². The predicted octanol–water partition coefficient (Wildman–Crippen LogP) is 10.4. The second-order valence-electron chi connectivity index (χ2n) is 9.34. The minimum atomic E-state index is -0.257. The molecule has 0 amide bonds. The van der Waals surface area contributed by atoms with Crippen molar-refractivity contribution in [3.05, 3.63) is 76.2 Å². The van der Waals surface area contributed by atoms with Crippen LogP contribution in [0.2, 0.25) is 0 Å². The number of unbranched alkanes of at least 4 members (excludes halogenated alkanes) is 7. The molecule has 34 heavy (non-hydrogen) atoms. The normalized spacial score (nSPS) is 11.5. The summed E-state index contributed by atoms with van der Waals surface area (Å²) in [6.07, 6.45) is 11.7. The Morgan fingerprint density at radius 3 is 2.06 bits per heavy atom. The average molecular weight is 475 g/mol. The van der Waals surface area contributed by atoms with Gasteiger partial charge in [-0.3, -0.25) is 0 Å². The van der Waals surface area contributed by atoms with Crippen molar-refractivity contribution < 1.29 is 8.81 Å². The lowest BCUT2D eigenvalue weighted by atomic mass is 9.98. The SMILES string of the molecule is CCCCCCCCCCc1ccc2c(oc(=S)c3cc(-c4ccc(CC)cc4)ccc32)c1F. The van der Waals surface area contributed by atoms with Crippen LogP contribution in [-0.2, 0) is 12.8 Å². The molecule has 0 N–H and O–H groups in total. The van der Waals surface area contributed by atoms with Crippen LogP contribution < -0.4 is 0 Å². The molecule has 0 aliphatic rings. The van der Waals surface area contributed by atoms with E-state index >= 15 is 4.39 Å². The van der Waals surface area contributed by atoms with Gasteiger partial charge < -0.3 is 4.42 Å². The maximum absolute atomic E-state index is 15.4. The van der Waals surface area contributed by atoms with Crippen molar-refractivity contribution in [1.82, 2.24) is 0 Å². The van der Waals surface area contributed by atoms with Gasteiger partial charge in [-0.05, 0) is 65.2 Å². The molecule has 0 radical (unpaired) electrons. The highest BCUT2D eigenvalue weighted by Crippen LogP contribution is 2.33. The third-order valence-electron chi connectivity index (χ3n) is 6.90. The van der Waals surface area contributed by atoms with Gasteiger partial charge in [0.2, 0.25) is 0 Å². The van der Waals surface area contributed by atoms with Crippen LogP contribution in [0.5, 0.6) is 0 Å². The Morgan fingerprint density at radius 1 is 0.706 bits per heavy atom. The van der Waals surface area contributed by atoms with E-state index in [0.29, 0.717) is 4.71 Å². The molecule has 1 heterocycles. The van der Waals surface area contributed by atoms with Crippen LogP contribution in [0.1, 0.15) is 76.3 Å². The van der Waals surface area contributed by atoms with E-state index in [9.17, 15) is 0 Å². The summed E-state index contributed by atoms with van der Waals surface area (Å²) in [5, 5.41) is 2.58. The molecule has 0 spiro atoms. The van der Waals surface area contributed by atoms with Crippen molar-refractivity contribution in [2.75, 3.05) is 0 Å². The van der Waals surface area contributed by atoms with E-state index in [-0.39, 0.29) is 11.4 Å². The van der Waals surface area contributed by atoms with Crippen LogP contribution in [0.3, 0.4) is 0 Å². The molecule has 3 heteroatoms. The van der Waals surface area contributed by atoms with Gasteiger partial charge in [0.05, 0.1) is 0 Å². The fraction of sp³-hybridized carbons (Fsp3) is 0.387. The Morgan fingerprint density at radius 2 is 1.35 bits per heavy atom. The molecule has 0 fully saturated rings. The van der Waals surface area contributed by atoms with Crippen LogP contribution in [0, 0.1) is 10.5 Å². The number of benzene rings is 3. The van der Waals surface area contributed by atoms with Crippen molar-refractivity contribution in [2.24, 2.45) is 0 Å². The van der Waals surface area contributed by atoms with E-state index < -0.39 is 0 Å². The van der Waals surface area contributed by atoms with Crippen LogP contribution in [0.25, 0.3) is 32.9 Å². The first-order valence-corrected chi connectivity index (χ1v) is 13.3. The monoisotopic (exact) mass is 474 g/mol. The van der Waals surface area contributed by atoms with Crippen molar-refractivity contribution in [3.8, 4) is 11.1 Å². The molecule has 4 aromatic rings. The first kappa shape index (κ1) is 24.6. The standard InChI is InChI=1S/C31H35FOS/c1-3-5-6-7-8-9-10-11-12-24-17-20-27-26-19-18-25(23-15-13-22(4-2)14-16-23)21-28(26)31(34)33-30(27)29(24)32/h13-21H,3-12H2,1-2H3. The highest BCUT2D eigenvalue weighted by molar-refractivity contribution is 7.71. The lowest BCUT2D eigenvalue weighted by Crippen LogP contribution is -1.94. The van der Waals surface area contributed by atoms with Crippen molar-refractivity contribution in [2.45, 2.75) is 78.1 Å². The van der Waals surface area contributed by atoms with Gasteiger partial charge in [0, 0.05) is 10.8 Å². The first-order valence-electron chi connectivity index (χ1n) is 12.9. The lowest BCUT2D eigenvalue weighted by molar-refractivity contribution is 0.533. The van der Waals surface area contributed by atoms with Crippen molar-refractivity contribution >= 4 is 34.0 Å². The van der Waals surface area contributed by atoms with E-state index in [1.165, 1.54) is 44.1 Å². The number of fused-ring (bicyclic) bond motifs is 3. The Hall–Kier alpha value is -2.52. The zero-order valence-electron chi connectivity index (χ0n) is 20.5. The fourth-order valence-corrected chi connectivity index (χ4v) is 5.01. The Bertz CT molecular complexity index is 1300. The van der Waals surface area contributed by atoms with Gasteiger partial charge in [-0.15, -0.1) is 0 Å². The van der Waals surface area contributed by atoms with Crippen molar-refractivity contribution in [3.63, 3.8) is 0 Å². The zero-order valence-corrected chi connectivity index (χ0v) is 21.3. The van der Waals surface area contributed by atoms with E-state index in [1.54, 1.807) is 0 Å². The summed E-state index contributed by atoms with van der Waals surface area (Å²) in [4.78, 5) is 0. The van der Waals surface area contributed by atoms with Gasteiger partial charge in [-0.25, -0.2) is 4.39 Å². The molecule has 3 aromatic carbocycles. The zero-order chi connectivity index (χ0) is 23.9. The quantitative estimate of drug-likeness (QED) is 0.122.